The smallest absolute Gasteiger partial charge is 0.408 e. The molecule has 13 nitrogen and oxygen atoms in total. The van der Waals surface area contributed by atoms with Crippen molar-refractivity contribution in [1.29, 1.82) is 0 Å². The molecule has 2 saturated heterocycles. The summed E-state index contributed by atoms with van der Waals surface area (Å²) < 4.78 is 5.47. The average molecular weight is 604 g/mol. The molecule has 0 spiro atoms. The number of rotatable bonds is 4. The number of hydrogen-bond donors (Lipinski definition) is 6. The molecule has 5 aliphatic rings. The van der Waals surface area contributed by atoms with E-state index in [1.165, 1.54) is 24.2 Å². The lowest BCUT2D eigenvalue weighted by Crippen LogP contribution is -2.56. The van der Waals surface area contributed by atoms with Crippen LogP contribution in [0.15, 0.2) is 12.2 Å². The Balaban J connectivity index is 1.37. The zero-order valence-electron chi connectivity index (χ0n) is 25.7. The Labute approximate surface area is 253 Å². The van der Waals surface area contributed by atoms with Crippen molar-refractivity contribution in [2.75, 3.05) is 6.54 Å². The molecule has 3 amide bonds. The lowest BCUT2D eigenvalue weighted by atomic mass is 9.87. The van der Waals surface area contributed by atoms with Gasteiger partial charge in [0.25, 0.3) is 0 Å². The predicted molar refractivity (Wildman–Crippen MR) is 158 cm³/mol. The second-order valence-corrected chi connectivity index (χ2v) is 13.9. The molecule has 2 aliphatic carbocycles. The van der Waals surface area contributed by atoms with E-state index in [1.807, 2.05) is 17.3 Å². The average Bonchev–Trinajstić information content (AvgIpc) is 3.28. The summed E-state index contributed by atoms with van der Waals surface area (Å²) in [6, 6.07) is -2.04. The van der Waals surface area contributed by atoms with Gasteiger partial charge in [0.2, 0.25) is 11.8 Å². The third-order valence-electron chi connectivity index (χ3n) is 9.43. The number of hydrogen-bond acceptors (Lipinski definition) is 9. The molecular formula is C30H49N7O6. The number of carbonyl (C=O) groups excluding carboxylic acids is 3. The van der Waals surface area contributed by atoms with Crippen LogP contribution in [0.4, 0.5) is 4.79 Å². The number of carboxylic acid groups (broad SMARTS) is 1. The summed E-state index contributed by atoms with van der Waals surface area (Å²) in [7, 11) is 0. The molecule has 4 fully saturated rings. The maximum atomic E-state index is 14.2. The molecule has 240 valence electrons. The van der Waals surface area contributed by atoms with Gasteiger partial charge in [-0.25, -0.2) is 20.4 Å². The van der Waals surface area contributed by atoms with E-state index >= 15 is 0 Å². The van der Waals surface area contributed by atoms with Gasteiger partial charge in [0.1, 0.15) is 23.2 Å². The van der Waals surface area contributed by atoms with Crippen LogP contribution in [0.3, 0.4) is 0 Å². The number of hydrazine groups is 3. The highest BCUT2D eigenvalue weighted by molar-refractivity contribution is 5.96. The number of allylic oxidation sites excluding steroid dienone is 1. The molecule has 6 N–H and O–H groups in total. The Morgan fingerprint density at radius 1 is 1.07 bits per heavy atom. The first-order chi connectivity index (χ1) is 20.5. The van der Waals surface area contributed by atoms with Gasteiger partial charge in [0.15, 0.2) is 0 Å². The number of nitrogens with zero attached hydrogens (tertiary/aromatic N) is 2. The zero-order valence-corrected chi connectivity index (χ0v) is 25.7. The molecular weight excluding hydrogens is 554 g/mol. The maximum Gasteiger partial charge on any atom is 0.408 e. The Morgan fingerprint density at radius 2 is 1.79 bits per heavy atom. The van der Waals surface area contributed by atoms with Crippen LogP contribution in [0, 0.1) is 11.8 Å². The molecule has 1 unspecified atom stereocenters. The van der Waals surface area contributed by atoms with Crippen LogP contribution in [0.25, 0.3) is 0 Å². The fourth-order valence-electron chi connectivity index (χ4n) is 6.96. The van der Waals surface area contributed by atoms with Gasteiger partial charge in [-0.15, -0.1) is 0 Å². The van der Waals surface area contributed by atoms with Crippen molar-refractivity contribution in [2.45, 2.75) is 133 Å². The van der Waals surface area contributed by atoms with E-state index in [0.29, 0.717) is 31.6 Å². The standard InChI is InChI=1S/C30H49N7O6/c1-29(2,3)43-28(42)31-22-15-11-6-4-5-10-14-20-17-30(20,27(40)41)32-25(38)23-16-21(18-36(23)26(22)39)37-34-24(33-35-37)19-12-8-7-9-13-19/h10,14,19-24,33-35H,4-9,11-13,15-18H2,1-3H3,(H,31,42)(H,32,38)(H,40,41)/b14-10-/t20-,21-,22+,23+,24?,30-/m1/s1. The second kappa shape index (κ2) is 13.1. The summed E-state index contributed by atoms with van der Waals surface area (Å²) in [5, 5.41) is 17.5. The van der Waals surface area contributed by atoms with Crippen LogP contribution in [0.1, 0.15) is 97.8 Å². The quantitative estimate of drug-likeness (QED) is 0.262. The number of aliphatic carboxylic acids is 1. The van der Waals surface area contributed by atoms with Crippen LogP contribution in [-0.4, -0.2) is 81.0 Å². The van der Waals surface area contributed by atoms with Gasteiger partial charge in [-0.05, 0) is 71.6 Å². The largest absolute Gasteiger partial charge is 0.479 e. The Bertz CT molecular complexity index is 1090. The summed E-state index contributed by atoms with van der Waals surface area (Å²) in [6.07, 6.45) is 13.4. The van der Waals surface area contributed by atoms with Crippen molar-refractivity contribution >= 4 is 23.9 Å². The molecule has 2 saturated carbocycles. The van der Waals surface area contributed by atoms with Gasteiger partial charge >= 0.3 is 12.1 Å². The molecule has 5 rings (SSSR count). The minimum absolute atomic E-state index is 0.0405. The van der Waals surface area contributed by atoms with Gasteiger partial charge in [-0.2, -0.15) is 10.7 Å². The highest BCUT2D eigenvalue weighted by Crippen LogP contribution is 2.45. The van der Waals surface area contributed by atoms with Gasteiger partial charge in [0, 0.05) is 12.5 Å². The normalized spacial score (nSPS) is 35.6. The summed E-state index contributed by atoms with van der Waals surface area (Å²) in [5.74, 6) is -1.74. The topological polar surface area (TPSA) is 164 Å². The van der Waals surface area contributed by atoms with E-state index in [2.05, 4.69) is 27.0 Å². The molecule has 0 bridgehead atoms. The van der Waals surface area contributed by atoms with E-state index in [4.69, 9.17) is 4.74 Å². The summed E-state index contributed by atoms with van der Waals surface area (Å²) in [4.78, 5) is 54.6. The fraction of sp³-hybridized carbons (Fsp3) is 0.800. The highest BCUT2D eigenvalue weighted by atomic mass is 16.6. The molecule has 3 aliphatic heterocycles. The van der Waals surface area contributed by atoms with Gasteiger partial charge in [-0.1, -0.05) is 44.3 Å². The molecule has 6 atom stereocenters. The predicted octanol–water partition coefficient (Wildman–Crippen LogP) is 2.06. The number of ether oxygens (including phenoxy) is 1. The number of amides is 3. The van der Waals surface area contributed by atoms with Crippen molar-refractivity contribution in [3.63, 3.8) is 0 Å². The summed E-state index contributed by atoms with van der Waals surface area (Å²) >= 11 is 0. The van der Waals surface area contributed by atoms with Crippen molar-refractivity contribution < 1.29 is 29.0 Å². The third-order valence-corrected chi connectivity index (χ3v) is 9.43. The Kier molecular flexibility index (Phi) is 9.64. The van der Waals surface area contributed by atoms with Gasteiger partial charge in [0.05, 0.1) is 12.2 Å². The fourth-order valence-corrected chi connectivity index (χ4v) is 6.96. The number of alkyl carbamates (subject to hydrolysis) is 1. The van der Waals surface area contributed by atoms with Crippen LogP contribution in [0.5, 0.6) is 0 Å². The van der Waals surface area contributed by atoms with E-state index in [-0.39, 0.29) is 30.6 Å². The molecule has 0 radical (unpaired) electrons. The minimum atomic E-state index is -1.37. The molecule has 0 aromatic carbocycles. The molecule has 0 aromatic rings. The first kappa shape index (κ1) is 31.7. The van der Waals surface area contributed by atoms with Crippen LogP contribution in [-0.2, 0) is 19.1 Å². The van der Waals surface area contributed by atoms with Crippen LogP contribution >= 0.6 is 0 Å². The lowest BCUT2D eigenvalue weighted by Gasteiger charge is -2.30. The van der Waals surface area contributed by atoms with Gasteiger partial charge in [-0.3, -0.25) is 9.59 Å². The summed E-state index contributed by atoms with van der Waals surface area (Å²) in [5.41, 5.74) is 7.94. The SMILES string of the molecule is CC(C)(C)OC(=O)N[C@H]1CCCCC/C=C\[C@@H]2C[C@@]2(C(=O)O)NC(=O)[C@@H]2C[C@@H](N3NNC(C4CCCCC4)N3)CN2C1=O. The van der Waals surface area contributed by atoms with Gasteiger partial charge < -0.3 is 25.4 Å². The molecule has 43 heavy (non-hydrogen) atoms. The van der Waals surface area contributed by atoms with Crippen LogP contribution < -0.4 is 27.0 Å². The van der Waals surface area contributed by atoms with Crippen molar-refractivity contribution in [1.82, 2.24) is 37.0 Å². The van der Waals surface area contributed by atoms with E-state index in [9.17, 15) is 24.3 Å². The number of carbonyl (C=O) groups is 4. The Morgan fingerprint density at radius 3 is 2.51 bits per heavy atom. The first-order valence-electron chi connectivity index (χ1n) is 16.1. The molecule has 13 heteroatoms. The first-order valence-corrected chi connectivity index (χ1v) is 16.1. The summed E-state index contributed by atoms with van der Waals surface area (Å²) in [6.45, 7) is 5.51. The third kappa shape index (κ3) is 7.50. The number of carboxylic acids is 1. The monoisotopic (exact) mass is 603 g/mol. The van der Waals surface area contributed by atoms with E-state index in [0.717, 1.165) is 32.1 Å². The lowest BCUT2D eigenvalue weighted by molar-refractivity contribution is -0.145. The molecule has 0 aromatic heterocycles. The van der Waals surface area contributed by atoms with Crippen molar-refractivity contribution in [2.24, 2.45) is 11.8 Å². The van der Waals surface area contributed by atoms with Crippen LogP contribution in [0.2, 0.25) is 0 Å². The second-order valence-electron chi connectivity index (χ2n) is 13.9. The minimum Gasteiger partial charge on any atom is -0.479 e. The maximum absolute atomic E-state index is 14.2. The number of nitrogens with one attached hydrogen (secondary N) is 5. The van der Waals surface area contributed by atoms with Crippen molar-refractivity contribution in [3.05, 3.63) is 12.2 Å². The van der Waals surface area contributed by atoms with E-state index in [1.54, 1.807) is 20.8 Å². The zero-order chi connectivity index (χ0) is 30.8. The Hall–Kier alpha value is -2.74. The van der Waals surface area contributed by atoms with Crippen molar-refractivity contribution in [3.8, 4) is 0 Å². The molecule has 3 heterocycles. The van der Waals surface area contributed by atoms with E-state index < -0.39 is 41.2 Å². The highest BCUT2D eigenvalue weighted by Gasteiger charge is 2.61. The number of fused-ring (bicyclic) bond motifs is 2.